The molecule has 8 nitrogen and oxygen atoms in total. The molecule has 1 aromatic carbocycles. The Morgan fingerprint density at radius 3 is 2.45 bits per heavy atom. The molecular formula is C22H25ClN6O2. The maximum absolute atomic E-state index is 13.6. The predicted octanol–water partition coefficient (Wildman–Crippen LogP) is 3.06. The van der Waals surface area contributed by atoms with E-state index in [9.17, 15) is 9.59 Å². The highest BCUT2D eigenvalue weighted by Crippen LogP contribution is 2.19. The van der Waals surface area contributed by atoms with Gasteiger partial charge in [0.15, 0.2) is 11.2 Å². The van der Waals surface area contributed by atoms with E-state index in [1.165, 1.54) is 9.13 Å². The molecule has 3 aromatic heterocycles. The third-order valence-electron chi connectivity index (χ3n) is 5.19. The summed E-state index contributed by atoms with van der Waals surface area (Å²) in [6.45, 7) is 8.69. The predicted molar refractivity (Wildman–Crippen MR) is 121 cm³/mol. The Balaban J connectivity index is 2.02. The van der Waals surface area contributed by atoms with E-state index < -0.39 is 5.69 Å². The van der Waals surface area contributed by atoms with Crippen LogP contribution in [0.3, 0.4) is 0 Å². The molecule has 0 aliphatic rings. The Bertz CT molecular complexity index is 1410. The summed E-state index contributed by atoms with van der Waals surface area (Å²) in [5, 5.41) is 5.10. The zero-order valence-corrected chi connectivity index (χ0v) is 19.0. The van der Waals surface area contributed by atoms with Crippen molar-refractivity contribution >= 4 is 22.8 Å². The van der Waals surface area contributed by atoms with Gasteiger partial charge in [-0.15, -0.1) is 0 Å². The minimum Gasteiger partial charge on any atom is -0.302 e. The van der Waals surface area contributed by atoms with Gasteiger partial charge in [-0.25, -0.2) is 9.48 Å². The third kappa shape index (κ3) is 3.72. The topological polar surface area (TPSA) is 79.6 Å². The number of aryl methyl sites for hydroxylation is 3. The zero-order valence-electron chi connectivity index (χ0n) is 18.3. The Morgan fingerprint density at radius 1 is 1.10 bits per heavy atom. The van der Waals surface area contributed by atoms with Crippen molar-refractivity contribution in [3.63, 3.8) is 0 Å². The van der Waals surface area contributed by atoms with Gasteiger partial charge in [-0.3, -0.25) is 13.9 Å². The number of imidazole rings is 1. The Hall–Kier alpha value is -3.13. The molecule has 0 unspecified atom stereocenters. The number of benzene rings is 1. The minimum absolute atomic E-state index is 0.129. The van der Waals surface area contributed by atoms with E-state index in [-0.39, 0.29) is 18.0 Å². The molecule has 0 atom stereocenters. The van der Waals surface area contributed by atoms with E-state index in [1.807, 2.05) is 30.5 Å². The Kier molecular flexibility index (Phi) is 5.35. The first kappa shape index (κ1) is 21.1. The molecule has 0 aliphatic carbocycles. The molecule has 0 fully saturated rings. The number of nitrogens with zero attached hydrogens (tertiary/aromatic N) is 6. The SMILES string of the molecule is Cc1cc(C)n(-c2nc3c(c(=O)n(Cc4cccc(Cl)c4)c(=O)n3C)n2CC(C)C)n1. The van der Waals surface area contributed by atoms with Crippen molar-refractivity contribution in [1.82, 2.24) is 28.5 Å². The molecule has 0 saturated carbocycles. The molecule has 3 heterocycles. The fraction of sp³-hybridized carbons (Fsp3) is 0.364. The summed E-state index contributed by atoms with van der Waals surface area (Å²) in [4.78, 5) is 31.3. The molecule has 0 N–H and O–H groups in total. The van der Waals surface area contributed by atoms with Crippen LogP contribution in [0.15, 0.2) is 39.9 Å². The van der Waals surface area contributed by atoms with Crippen LogP contribution in [0.25, 0.3) is 17.1 Å². The van der Waals surface area contributed by atoms with Crippen molar-refractivity contribution in [2.45, 2.75) is 40.8 Å². The number of fused-ring (bicyclic) bond motifs is 1. The van der Waals surface area contributed by atoms with Crippen LogP contribution in [0.4, 0.5) is 0 Å². The minimum atomic E-state index is -0.424. The number of rotatable bonds is 5. The average molecular weight is 441 g/mol. The van der Waals surface area contributed by atoms with Crippen LogP contribution in [0, 0.1) is 19.8 Å². The zero-order chi connectivity index (χ0) is 22.4. The lowest BCUT2D eigenvalue weighted by Crippen LogP contribution is -2.40. The standard InChI is InChI=1S/C22H25ClN6O2/c1-13(2)11-27-18-19(24-21(27)29-15(4)9-14(3)25-29)26(5)22(31)28(20(18)30)12-16-7-6-8-17(23)10-16/h6-10,13H,11-12H2,1-5H3. The Morgan fingerprint density at radius 2 is 1.84 bits per heavy atom. The molecule has 0 radical (unpaired) electrons. The molecule has 0 amide bonds. The number of aromatic nitrogens is 6. The summed E-state index contributed by atoms with van der Waals surface area (Å²) in [7, 11) is 1.64. The van der Waals surface area contributed by atoms with Gasteiger partial charge in [-0.2, -0.15) is 10.1 Å². The molecule has 31 heavy (non-hydrogen) atoms. The molecular weight excluding hydrogens is 416 g/mol. The highest BCUT2D eigenvalue weighted by Gasteiger charge is 2.23. The lowest BCUT2D eigenvalue weighted by molar-refractivity contribution is 0.516. The first-order valence-corrected chi connectivity index (χ1v) is 10.5. The highest BCUT2D eigenvalue weighted by atomic mass is 35.5. The van der Waals surface area contributed by atoms with Crippen LogP contribution in [-0.4, -0.2) is 28.5 Å². The van der Waals surface area contributed by atoms with Gasteiger partial charge >= 0.3 is 5.69 Å². The van der Waals surface area contributed by atoms with E-state index in [0.717, 1.165) is 17.0 Å². The van der Waals surface area contributed by atoms with E-state index >= 15 is 0 Å². The van der Waals surface area contributed by atoms with E-state index in [1.54, 1.807) is 29.9 Å². The van der Waals surface area contributed by atoms with Crippen LogP contribution in [0.1, 0.15) is 30.8 Å². The molecule has 0 saturated heterocycles. The summed E-state index contributed by atoms with van der Waals surface area (Å²) < 4.78 is 6.25. The lowest BCUT2D eigenvalue weighted by atomic mass is 10.2. The van der Waals surface area contributed by atoms with E-state index in [2.05, 4.69) is 23.9 Å². The van der Waals surface area contributed by atoms with Crippen LogP contribution < -0.4 is 11.2 Å². The van der Waals surface area contributed by atoms with Gasteiger partial charge in [0.25, 0.3) is 5.56 Å². The Labute approximate surface area is 184 Å². The molecule has 0 aliphatic heterocycles. The van der Waals surface area contributed by atoms with Gasteiger partial charge in [0.2, 0.25) is 5.95 Å². The van der Waals surface area contributed by atoms with Crippen molar-refractivity contribution in [3.05, 3.63) is 73.1 Å². The normalized spacial score (nSPS) is 11.7. The molecule has 0 bridgehead atoms. The third-order valence-corrected chi connectivity index (χ3v) is 5.42. The van der Waals surface area contributed by atoms with Crippen molar-refractivity contribution in [2.75, 3.05) is 0 Å². The van der Waals surface area contributed by atoms with E-state index in [4.69, 9.17) is 11.6 Å². The van der Waals surface area contributed by atoms with Crippen LogP contribution in [-0.2, 0) is 20.1 Å². The monoisotopic (exact) mass is 440 g/mol. The molecule has 162 valence electrons. The fourth-order valence-corrected chi connectivity index (χ4v) is 4.06. The first-order valence-electron chi connectivity index (χ1n) is 10.2. The largest absolute Gasteiger partial charge is 0.332 e. The van der Waals surface area contributed by atoms with Gasteiger partial charge in [0, 0.05) is 24.3 Å². The van der Waals surface area contributed by atoms with Gasteiger partial charge < -0.3 is 4.57 Å². The van der Waals surface area contributed by atoms with Crippen molar-refractivity contribution in [2.24, 2.45) is 13.0 Å². The summed E-state index contributed by atoms with van der Waals surface area (Å²) in [5.74, 6) is 0.785. The molecule has 4 aromatic rings. The van der Waals surface area contributed by atoms with Gasteiger partial charge in [-0.05, 0) is 43.5 Å². The van der Waals surface area contributed by atoms with Gasteiger partial charge in [-0.1, -0.05) is 37.6 Å². The molecule has 9 heteroatoms. The summed E-state index contributed by atoms with van der Waals surface area (Å²) in [6.07, 6.45) is 0. The van der Waals surface area contributed by atoms with Gasteiger partial charge in [0.1, 0.15) is 0 Å². The van der Waals surface area contributed by atoms with Crippen molar-refractivity contribution < 1.29 is 0 Å². The summed E-state index contributed by atoms with van der Waals surface area (Å²) in [5.41, 5.74) is 2.47. The second-order valence-electron chi connectivity index (χ2n) is 8.29. The van der Waals surface area contributed by atoms with Crippen molar-refractivity contribution in [3.8, 4) is 5.95 Å². The smallest absolute Gasteiger partial charge is 0.302 e. The quantitative estimate of drug-likeness (QED) is 0.477. The van der Waals surface area contributed by atoms with E-state index in [0.29, 0.717) is 28.7 Å². The lowest BCUT2D eigenvalue weighted by Gasteiger charge is -2.13. The molecule has 0 spiro atoms. The maximum Gasteiger partial charge on any atom is 0.332 e. The van der Waals surface area contributed by atoms with Crippen LogP contribution in [0.2, 0.25) is 5.02 Å². The fourth-order valence-electron chi connectivity index (χ4n) is 3.85. The number of halogens is 1. The van der Waals surface area contributed by atoms with Crippen LogP contribution >= 0.6 is 11.6 Å². The second-order valence-corrected chi connectivity index (χ2v) is 8.73. The summed E-state index contributed by atoms with van der Waals surface area (Å²) in [6, 6.07) is 9.11. The van der Waals surface area contributed by atoms with Crippen LogP contribution in [0.5, 0.6) is 0 Å². The maximum atomic E-state index is 13.6. The van der Waals surface area contributed by atoms with Crippen molar-refractivity contribution in [1.29, 1.82) is 0 Å². The summed E-state index contributed by atoms with van der Waals surface area (Å²) >= 11 is 6.09. The highest BCUT2D eigenvalue weighted by molar-refractivity contribution is 6.30. The average Bonchev–Trinajstić information content (AvgIpc) is 3.22. The van der Waals surface area contributed by atoms with Gasteiger partial charge in [0.05, 0.1) is 12.2 Å². The number of hydrogen-bond acceptors (Lipinski definition) is 4. The first-order chi connectivity index (χ1) is 14.7. The molecule has 4 rings (SSSR count). The number of hydrogen-bond donors (Lipinski definition) is 0. The second kappa shape index (κ2) is 7.85.